The Morgan fingerprint density at radius 1 is 0.912 bits per heavy atom. The normalized spacial score (nSPS) is 20.4. The van der Waals surface area contributed by atoms with Gasteiger partial charge in [-0.15, -0.1) is 0 Å². The molecule has 1 fully saturated rings. The lowest BCUT2D eigenvalue weighted by Crippen LogP contribution is -2.56. The lowest BCUT2D eigenvalue weighted by Gasteiger charge is -2.42. The summed E-state index contributed by atoms with van der Waals surface area (Å²) in [7, 11) is -3.38. The molecule has 1 unspecified atom stereocenters. The summed E-state index contributed by atoms with van der Waals surface area (Å²) in [5.41, 5.74) is 2.12. The molecule has 5 rings (SSSR count). The van der Waals surface area contributed by atoms with Gasteiger partial charge in [-0.1, -0.05) is 30.3 Å². The number of carbonyl (C=O) groups excluding carboxylic acids is 3. The number of sulfonamides is 1. The molecule has 0 aliphatic carbocycles. The molecule has 3 amide bonds. The molecule has 0 bridgehead atoms. The molecule has 0 spiro atoms. The van der Waals surface area contributed by atoms with Gasteiger partial charge in [0.1, 0.15) is 12.7 Å². The minimum Gasteiger partial charge on any atom is -0.339 e. The highest BCUT2D eigenvalue weighted by molar-refractivity contribution is 7.89. The second-order valence-electron chi connectivity index (χ2n) is 8.96. The van der Waals surface area contributed by atoms with E-state index < -0.39 is 21.4 Å². The maximum Gasteiger partial charge on any atom is 0.260 e. The van der Waals surface area contributed by atoms with Crippen LogP contribution in [0.1, 0.15) is 46.3 Å². The van der Waals surface area contributed by atoms with Crippen molar-refractivity contribution in [1.29, 1.82) is 0 Å². The molecule has 9 nitrogen and oxygen atoms in total. The molecule has 3 aliphatic heterocycles. The zero-order valence-corrected chi connectivity index (χ0v) is 19.9. The van der Waals surface area contributed by atoms with Gasteiger partial charge in [0.05, 0.1) is 16.5 Å². The Kier molecular flexibility index (Phi) is 5.44. The minimum atomic E-state index is -3.38. The van der Waals surface area contributed by atoms with Crippen molar-refractivity contribution < 1.29 is 22.8 Å². The van der Waals surface area contributed by atoms with E-state index in [2.05, 4.69) is 0 Å². The van der Waals surface area contributed by atoms with Crippen molar-refractivity contribution >= 4 is 33.4 Å². The number of hydrogen-bond donors (Lipinski definition) is 0. The Bertz CT molecular complexity index is 1280. The molecular formula is C24H26N4O5S. The van der Waals surface area contributed by atoms with Crippen LogP contribution in [0.25, 0.3) is 0 Å². The van der Waals surface area contributed by atoms with E-state index >= 15 is 0 Å². The molecule has 0 radical (unpaired) electrons. The monoisotopic (exact) mass is 482 g/mol. The van der Waals surface area contributed by atoms with E-state index in [0.29, 0.717) is 22.4 Å². The van der Waals surface area contributed by atoms with E-state index in [1.165, 1.54) is 9.21 Å². The van der Waals surface area contributed by atoms with Crippen molar-refractivity contribution in [1.82, 2.24) is 14.1 Å². The van der Waals surface area contributed by atoms with Crippen LogP contribution in [0.2, 0.25) is 0 Å². The molecule has 0 N–H and O–H groups in total. The molecule has 0 aromatic heterocycles. The highest BCUT2D eigenvalue weighted by Crippen LogP contribution is 2.45. The number of para-hydroxylation sites is 1. The van der Waals surface area contributed by atoms with Crippen LogP contribution >= 0.6 is 0 Å². The van der Waals surface area contributed by atoms with Crippen LogP contribution in [0.4, 0.5) is 5.69 Å². The number of amides is 3. The lowest BCUT2D eigenvalue weighted by molar-refractivity contribution is -0.133. The van der Waals surface area contributed by atoms with E-state index in [4.69, 9.17) is 0 Å². The van der Waals surface area contributed by atoms with Crippen LogP contribution in [0.3, 0.4) is 0 Å². The van der Waals surface area contributed by atoms with Gasteiger partial charge in [0.15, 0.2) is 0 Å². The first-order chi connectivity index (χ1) is 16.2. The fourth-order valence-corrected chi connectivity index (χ4v) is 6.14. The molecule has 3 aliphatic rings. The first-order valence-electron chi connectivity index (χ1n) is 11.3. The third-order valence-corrected chi connectivity index (χ3v) is 9.01. The number of rotatable bonds is 4. The van der Waals surface area contributed by atoms with Crippen LogP contribution in [0, 0.1) is 0 Å². The van der Waals surface area contributed by atoms with E-state index in [1.807, 2.05) is 12.1 Å². The standard InChI is InChI=1S/C24H26N4O5S/c1-16(2)34(32,33)26-13-11-25(12-14-26)21(29)15-27-22-17-7-3-4-8-18(17)24(31)28(22)20-10-6-5-9-19(20)23(27)30/h3-10,16,22H,11-15H2,1-2H3. The quantitative estimate of drug-likeness (QED) is 0.661. The molecule has 1 atom stereocenters. The van der Waals surface area contributed by atoms with Crippen molar-refractivity contribution in [3.63, 3.8) is 0 Å². The Hall–Kier alpha value is -3.24. The summed E-state index contributed by atoms with van der Waals surface area (Å²) in [6.45, 7) is 4.03. The van der Waals surface area contributed by atoms with Crippen molar-refractivity contribution in [2.24, 2.45) is 0 Å². The number of piperazine rings is 1. The van der Waals surface area contributed by atoms with Gasteiger partial charge < -0.3 is 9.80 Å². The van der Waals surface area contributed by atoms with Crippen LogP contribution in [0.15, 0.2) is 48.5 Å². The van der Waals surface area contributed by atoms with Crippen molar-refractivity contribution in [3.05, 3.63) is 65.2 Å². The number of hydrogen-bond acceptors (Lipinski definition) is 5. The van der Waals surface area contributed by atoms with Crippen molar-refractivity contribution in [2.75, 3.05) is 37.6 Å². The Morgan fingerprint density at radius 3 is 2.21 bits per heavy atom. The highest BCUT2D eigenvalue weighted by atomic mass is 32.2. The van der Waals surface area contributed by atoms with Gasteiger partial charge in [-0.3, -0.25) is 19.3 Å². The third kappa shape index (κ3) is 3.40. The largest absolute Gasteiger partial charge is 0.339 e. The fraction of sp³-hybridized carbons (Fsp3) is 0.375. The SMILES string of the molecule is CC(C)S(=O)(=O)N1CCN(C(=O)CN2C(=O)c3ccccc3N3C(=O)c4ccccc4C23)CC1. The summed E-state index contributed by atoms with van der Waals surface area (Å²) in [5.74, 6) is -0.785. The summed E-state index contributed by atoms with van der Waals surface area (Å²) in [6, 6.07) is 14.1. The molecule has 34 heavy (non-hydrogen) atoms. The summed E-state index contributed by atoms with van der Waals surface area (Å²) in [5, 5.41) is -0.522. The van der Waals surface area contributed by atoms with Crippen LogP contribution < -0.4 is 4.90 Å². The highest BCUT2D eigenvalue weighted by Gasteiger charge is 2.48. The maximum atomic E-state index is 13.5. The lowest BCUT2D eigenvalue weighted by atomic mass is 10.0. The smallest absolute Gasteiger partial charge is 0.260 e. The second-order valence-corrected chi connectivity index (χ2v) is 11.4. The van der Waals surface area contributed by atoms with Gasteiger partial charge in [0.25, 0.3) is 11.8 Å². The van der Waals surface area contributed by atoms with E-state index in [-0.39, 0.29) is 50.4 Å². The number of nitrogens with zero attached hydrogens (tertiary/aromatic N) is 4. The predicted molar refractivity (Wildman–Crippen MR) is 126 cm³/mol. The zero-order valence-electron chi connectivity index (χ0n) is 19.0. The molecule has 10 heteroatoms. The minimum absolute atomic E-state index is 0.202. The van der Waals surface area contributed by atoms with Crippen molar-refractivity contribution in [2.45, 2.75) is 25.3 Å². The van der Waals surface area contributed by atoms with Crippen molar-refractivity contribution in [3.8, 4) is 0 Å². The first-order valence-corrected chi connectivity index (χ1v) is 12.8. The van der Waals surface area contributed by atoms with E-state index in [9.17, 15) is 22.8 Å². The van der Waals surface area contributed by atoms with E-state index in [0.717, 1.165) is 0 Å². The maximum absolute atomic E-state index is 13.5. The first kappa shape index (κ1) is 22.5. The van der Waals surface area contributed by atoms with Gasteiger partial charge in [0.2, 0.25) is 15.9 Å². The Morgan fingerprint density at radius 2 is 1.53 bits per heavy atom. The number of anilines is 1. The van der Waals surface area contributed by atoms with Gasteiger partial charge in [-0.2, -0.15) is 4.31 Å². The second kappa shape index (κ2) is 8.21. The molecule has 3 heterocycles. The summed E-state index contributed by atoms with van der Waals surface area (Å²) in [6.07, 6.45) is -0.697. The summed E-state index contributed by atoms with van der Waals surface area (Å²) >= 11 is 0. The molecule has 178 valence electrons. The van der Waals surface area contributed by atoms with Gasteiger partial charge >= 0.3 is 0 Å². The third-order valence-electron chi connectivity index (χ3n) is 6.74. The Labute approximate surface area is 198 Å². The van der Waals surface area contributed by atoms with Gasteiger partial charge in [-0.05, 0) is 32.0 Å². The fourth-order valence-electron chi connectivity index (χ4n) is 4.87. The van der Waals surface area contributed by atoms with Crippen LogP contribution in [-0.2, 0) is 14.8 Å². The predicted octanol–water partition coefficient (Wildman–Crippen LogP) is 1.68. The summed E-state index contributed by atoms with van der Waals surface area (Å²) < 4.78 is 26.3. The van der Waals surface area contributed by atoms with E-state index in [1.54, 1.807) is 60.0 Å². The van der Waals surface area contributed by atoms with Crippen LogP contribution in [-0.4, -0.2) is 78.2 Å². The molecule has 2 aromatic rings. The van der Waals surface area contributed by atoms with Gasteiger partial charge in [0, 0.05) is 37.3 Å². The number of fused-ring (bicyclic) bond motifs is 5. The average Bonchev–Trinajstić information content (AvgIpc) is 3.14. The molecular weight excluding hydrogens is 456 g/mol. The summed E-state index contributed by atoms with van der Waals surface area (Å²) in [4.78, 5) is 44.6. The van der Waals surface area contributed by atoms with Crippen LogP contribution in [0.5, 0.6) is 0 Å². The molecule has 2 aromatic carbocycles. The molecule has 0 saturated carbocycles. The Balaban J connectivity index is 1.41. The number of benzene rings is 2. The topological polar surface area (TPSA) is 98.3 Å². The van der Waals surface area contributed by atoms with Gasteiger partial charge in [-0.25, -0.2) is 8.42 Å². The zero-order chi connectivity index (χ0) is 24.2. The number of carbonyl (C=O) groups is 3. The average molecular weight is 483 g/mol. The molecule has 1 saturated heterocycles.